The lowest BCUT2D eigenvalue weighted by molar-refractivity contribution is -0.125. The molecule has 7 heteroatoms. The molecule has 0 heterocycles. The summed E-state index contributed by atoms with van der Waals surface area (Å²) in [6.45, 7) is 1.10. The average molecular weight is 276 g/mol. The lowest BCUT2D eigenvalue weighted by Gasteiger charge is -2.08. The summed E-state index contributed by atoms with van der Waals surface area (Å²) < 4.78 is 25.1. The maximum Gasteiger partial charge on any atom is 0.264 e. The SMILES string of the molecule is CC(=O)C(Cl)C(=O)NS(=O)(=O)c1ccccc1. The van der Waals surface area contributed by atoms with E-state index < -0.39 is 27.1 Å². The van der Waals surface area contributed by atoms with Gasteiger partial charge in [-0.25, -0.2) is 13.1 Å². The first-order valence-electron chi connectivity index (χ1n) is 4.61. The van der Waals surface area contributed by atoms with Crippen molar-refractivity contribution in [3.8, 4) is 0 Å². The molecule has 0 bridgehead atoms. The predicted octanol–water partition coefficient (Wildman–Crippen LogP) is 0.688. The molecule has 1 aromatic carbocycles. The first-order chi connectivity index (χ1) is 7.84. The van der Waals surface area contributed by atoms with Gasteiger partial charge >= 0.3 is 0 Å². The molecule has 1 atom stereocenters. The van der Waals surface area contributed by atoms with E-state index in [0.29, 0.717) is 0 Å². The van der Waals surface area contributed by atoms with E-state index in [2.05, 4.69) is 0 Å². The molecule has 92 valence electrons. The zero-order chi connectivity index (χ0) is 13.1. The van der Waals surface area contributed by atoms with Crippen LogP contribution in [0, 0.1) is 0 Å². The van der Waals surface area contributed by atoms with Crippen LogP contribution in [0.1, 0.15) is 6.92 Å². The summed E-state index contributed by atoms with van der Waals surface area (Å²) in [5.41, 5.74) is 0. The average Bonchev–Trinajstić information content (AvgIpc) is 2.28. The van der Waals surface area contributed by atoms with E-state index in [0.717, 1.165) is 6.92 Å². The number of rotatable bonds is 4. The summed E-state index contributed by atoms with van der Waals surface area (Å²) in [7, 11) is -3.97. The third-order valence-corrected chi connectivity index (χ3v) is 3.74. The minimum atomic E-state index is -3.97. The lowest BCUT2D eigenvalue weighted by atomic mass is 10.3. The molecule has 0 saturated carbocycles. The topological polar surface area (TPSA) is 80.3 Å². The minimum absolute atomic E-state index is 0.0687. The van der Waals surface area contributed by atoms with Crippen molar-refractivity contribution >= 4 is 33.3 Å². The van der Waals surface area contributed by atoms with E-state index in [4.69, 9.17) is 11.6 Å². The molecule has 17 heavy (non-hydrogen) atoms. The van der Waals surface area contributed by atoms with Gasteiger partial charge in [-0.1, -0.05) is 18.2 Å². The van der Waals surface area contributed by atoms with Crippen LogP contribution in [0.15, 0.2) is 35.2 Å². The summed E-state index contributed by atoms with van der Waals surface area (Å²) in [4.78, 5) is 22.1. The Morgan fingerprint density at radius 1 is 1.24 bits per heavy atom. The summed E-state index contributed by atoms with van der Waals surface area (Å²) in [5.74, 6) is -1.67. The highest BCUT2D eigenvalue weighted by molar-refractivity contribution is 7.90. The van der Waals surface area contributed by atoms with E-state index in [9.17, 15) is 18.0 Å². The number of ketones is 1. The van der Waals surface area contributed by atoms with Crippen molar-refractivity contribution < 1.29 is 18.0 Å². The smallest absolute Gasteiger partial charge is 0.264 e. The van der Waals surface area contributed by atoms with Gasteiger partial charge in [-0.05, 0) is 19.1 Å². The van der Waals surface area contributed by atoms with Gasteiger partial charge in [-0.2, -0.15) is 0 Å². The molecule has 0 saturated heterocycles. The van der Waals surface area contributed by atoms with Crippen LogP contribution in [0.5, 0.6) is 0 Å². The Morgan fingerprint density at radius 3 is 2.24 bits per heavy atom. The zero-order valence-corrected chi connectivity index (χ0v) is 10.5. The second kappa shape index (κ2) is 5.29. The Morgan fingerprint density at radius 2 is 1.76 bits per heavy atom. The molecular formula is C10H10ClNO4S. The summed E-state index contributed by atoms with van der Waals surface area (Å²) in [5, 5.41) is -1.51. The fraction of sp³-hybridized carbons (Fsp3) is 0.200. The normalized spacial score (nSPS) is 12.8. The van der Waals surface area contributed by atoms with Crippen LogP contribution in [0.2, 0.25) is 0 Å². The van der Waals surface area contributed by atoms with Crippen molar-refractivity contribution in [2.24, 2.45) is 0 Å². The number of sulfonamides is 1. The highest BCUT2D eigenvalue weighted by Crippen LogP contribution is 2.08. The number of carbonyl (C=O) groups excluding carboxylic acids is 2. The van der Waals surface area contributed by atoms with Gasteiger partial charge < -0.3 is 0 Å². The maximum absolute atomic E-state index is 11.7. The molecule has 0 aromatic heterocycles. The highest BCUT2D eigenvalue weighted by Gasteiger charge is 2.25. The van der Waals surface area contributed by atoms with Crippen LogP contribution in [-0.2, 0) is 19.6 Å². The molecular weight excluding hydrogens is 266 g/mol. The number of benzene rings is 1. The number of amides is 1. The lowest BCUT2D eigenvalue weighted by Crippen LogP contribution is -2.39. The first kappa shape index (κ1) is 13.7. The van der Waals surface area contributed by atoms with Gasteiger partial charge in [0, 0.05) is 0 Å². The van der Waals surface area contributed by atoms with Gasteiger partial charge in [0.1, 0.15) is 0 Å². The Balaban J connectivity index is 2.89. The van der Waals surface area contributed by atoms with Crippen LogP contribution in [-0.4, -0.2) is 25.5 Å². The van der Waals surface area contributed by atoms with Crippen molar-refractivity contribution in [2.45, 2.75) is 17.2 Å². The van der Waals surface area contributed by atoms with Crippen LogP contribution in [0.3, 0.4) is 0 Å². The standard InChI is InChI=1S/C10H10ClNO4S/c1-7(13)9(11)10(14)12-17(15,16)8-5-3-2-4-6-8/h2-6,9H,1H3,(H,12,14). The molecule has 0 spiro atoms. The molecule has 0 aliphatic heterocycles. The fourth-order valence-electron chi connectivity index (χ4n) is 1.03. The molecule has 0 radical (unpaired) electrons. The van der Waals surface area contributed by atoms with Crippen molar-refractivity contribution in [3.63, 3.8) is 0 Å². The van der Waals surface area contributed by atoms with Gasteiger partial charge in [0.05, 0.1) is 4.90 Å². The number of alkyl halides is 1. The second-order valence-corrected chi connectivity index (χ2v) is 5.37. The van der Waals surface area contributed by atoms with E-state index in [-0.39, 0.29) is 4.90 Å². The number of carbonyl (C=O) groups is 2. The first-order valence-corrected chi connectivity index (χ1v) is 6.53. The summed E-state index contributed by atoms with van der Waals surface area (Å²) in [6, 6.07) is 7.32. The van der Waals surface area contributed by atoms with Crippen LogP contribution >= 0.6 is 11.6 Å². The number of hydrogen-bond donors (Lipinski definition) is 1. The van der Waals surface area contributed by atoms with E-state index in [1.165, 1.54) is 24.3 Å². The van der Waals surface area contributed by atoms with Crippen molar-refractivity contribution in [1.82, 2.24) is 4.72 Å². The molecule has 0 fully saturated rings. The Hall–Kier alpha value is -1.40. The fourth-order valence-corrected chi connectivity index (χ4v) is 2.16. The molecule has 1 unspecified atom stereocenters. The van der Waals surface area contributed by atoms with Gasteiger partial charge in [-0.3, -0.25) is 9.59 Å². The van der Waals surface area contributed by atoms with Crippen molar-refractivity contribution in [1.29, 1.82) is 0 Å². The minimum Gasteiger partial charge on any atom is -0.298 e. The second-order valence-electron chi connectivity index (χ2n) is 3.26. The number of nitrogens with one attached hydrogen (secondary N) is 1. The van der Waals surface area contributed by atoms with E-state index >= 15 is 0 Å². The molecule has 5 nitrogen and oxygen atoms in total. The molecule has 0 aliphatic carbocycles. The van der Waals surface area contributed by atoms with Crippen LogP contribution < -0.4 is 4.72 Å². The molecule has 1 aromatic rings. The third-order valence-electron chi connectivity index (χ3n) is 1.88. The Labute approximate surface area is 104 Å². The molecule has 0 aliphatic rings. The number of hydrogen-bond acceptors (Lipinski definition) is 4. The molecule has 1 N–H and O–H groups in total. The predicted molar refractivity (Wildman–Crippen MR) is 62.1 cm³/mol. The van der Waals surface area contributed by atoms with Gasteiger partial charge in [-0.15, -0.1) is 11.6 Å². The number of halogens is 1. The van der Waals surface area contributed by atoms with Crippen LogP contribution in [0.25, 0.3) is 0 Å². The Kier molecular flexibility index (Phi) is 4.25. The summed E-state index contributed by atoms with van der Waals surface area (Å²) >= 11 is 5.43. The largest absolute Gasteiger partial charge is 0.298 e. The third kappa shape index (κ3) is 3.54. The molecule has 1 rings (SSSR count). The quantitative estimate of drug-likeness (QED) is 0.647. The van der Waals surface area contributed by atoms with Crippen molar-refractivity contribution in [2.75, 3.05) is 0 Å². The van der Waals surface area contributed by atoms with Gasteiger partial charge in [0.2, 0.25) is 0 Å². The van der Waals surface area contributed by atoms with Gasteiger partial charge in [0.15, 0.2) is 11.2 Å². The van der Waals surface area contributed by atoms with E-state index in [1.54, 1.807) is 10.8 Å². The molecule has 1 amide bonds. The van der Waals surface area contributed by atoms with Gasteiger partial charge in [0.25, 0.3) is 15.9 Å². The monoisotopic (exact) mass is 275 g/mol. The van der Waals surface area contributed by atoms with Crippen LogP contribution in [0.4, 0.5) is 0 Å². The highest BCUT2D eigenvalue weighted by atomic mass is 35.5. The summed E-state index contributed by atoms with van der Waals surface area (Å²) in [6.07, 6.45) is 0. The van der Waals surface area contributed by atoms with Crippen molar-refractivity contribution in [3.05, 3.63) is 30.3 Å². The van der Waals surface area contributed by atoms with E-state index in [1.807, 2.05) is 0 Å². The zero-order valence-electron chi connectivity index (χ0n) is 8.88. The Bertz CT molecular complexity index is 526. The number of Topliss-reactive ketones (excluding diaryl/α,β-unsaturated/α-hetero) is 1. The maximum atomic E-state index is 11.7.